The van der Waals surface area contributed by atoms with Gasteiger partial charge in [-0.15, -0.1) is 0 Å². The van der Waals surface area contributed by atoms with Crippen LogP contribution >= 0.6 is 0 Å². The van der Waals surface area contributed by atoms with E-state index < -0.39 is 0 Å². The van der Waals surface area contributed by atoms with E-state index in [0.29, 0.717) is 30.5 Å². The fourth-order valence-electron chi connectivity index (χ4n) is 9.43. The fourth-order valence-corrected chi connectivity index (χ4v) is 9.43. The molecule has 0 aromatic rings. The Morgan fingerprint density at radius 2 is 1.93 bits per heavy atom. The third-order valence-electron chi connectivity index (χ3n) is 10.3. The highest BCUT2D eigenvalue weighted by atomic mass is 16.5. The number of piperidine rings is 1. The van der Waals surface area contributed by atoms with Crippen molar-refractivity contribution in [3.8, 4) is 0 Å². The maximum absolute atomic E-state index is 10.2. The molecule has 3 aliphatic carbocycles. The van der Waals surface area contributed by atoms with Crippen LogP contribution in [0.4, 0.5) is 0 Å². The highest BCUT2D eigenvalue weighted by molar-refractivity contribution is 5.18. The van der Waals surface area contributed by atoms with Gasteiger partial charge in [0.2, 0.25) is 0 Å². The van der Waals surface area contributed by atoms with E-state index in [1.165, 1.54) is 64.3 Å². The van der Waals surface area contributed by atoms with Gasteiger partial charge >= 0.3 is 0 Å². The second kappa shape index (κ2) is 7.69. The van der Waals surface area contributed by atoms with Gasteiger partial charge in [0, 0.05) is 30.6 Å². The van der Waals surface area contributed by atoms with Gasteiger partial charge in [0.1, 0.15) is 11.7 Å². The Morgan fingerprint density at radius 1 is 1.10 bits per heavy atom. The van der Waals surface area contributed by atoms with Crippen molar-refractivity contribution >= 4 is 0 Å². The van der Waals surface area contributed by atoms with Crippen LogP contribution in [0.3, 0.4) is 0 Å². The van der Waals surface area contributed by atoms with Crippen LogP contribution < -0.4 is 16.8 Å². The highest BCUT2D eigenvalue weighted by Gasteiger charge is 2.71. The third kappa shape index (κ3) is 3.48. The SMILES string of the molecule is CC1(C)O[C@@]2([C@@H]3CCC[C@H](CC4CCC(N)[NH2+]C4)C3)C[C@H]3CC[C@H](CO)[C@]([NH3+])(C2)[C@H]31. The first-order chi connectivity index (χ1) is 14.3. The van der Waals surface area contributed by atoms with Crippen molar-refractivity contribution in [3.05, 3.63) is 0 Å². The molecule has 5 nitrogen and oxygen atoms in total. The number of hydrogen-bond donors (Lipinski definition) is 4. The molecule has 0 radical (unpaired) electrons. The summed E-state index contributed by atoms with van der Waals surface area (Å²) >= 11 is 0. The Labute approximate surface area is 183 Å². The average Bonchev–Trinajstić information content (AvgIpc) is 2.68. The molecule has 9 atom stereocenters. The molecule has 0 spiro atoms. The van der Waals surface area contributed by atoms with E-state index in [1.807, 2.05) is 0 Å². The van der Waals surface area contributed by atoms with Gasteiger partial charge in [0.15, 0.2) is 0 Å². The molecule has 5 heteroatoms. The van der Waals surface area contributed by atoms with Crippen LogP contribution in [0.1, 0.15) is 84.5 Å². The van der Waals surface area contributed by atoms with E-state index in [1.54, 1.807) is 0 Å². The zero-order chi connectivity index (χ0) is 21.1. The third-order valence-corrected chi connectivity index (χ3v) is 10.3. The molecule has 3 aliphatic heterocycles. The normalized spacial score (nSPS) is 52.9. The average molecular weight is 422 g/mol. The van der Waals surface area contributed by atoms with E-state index in [2.05, 4.69) is 19.2 Å². The molecule has 6 aliphatic rings. The Morgan fingerprint density at radius 3 is 2.67 bits per heavy atom. The van der Waals surface area contributed by atoms with E-state index in [-0.39, 0.29) is 16.7 Å². The minimum absolute atomic E-state index is 0.000914. The van der Waals surface area contributed by atoms with Gasteiger partial charge in [-0.3, -0.25) is 5.73 Å². The van der Waals surface area contributed by atoms with Gasteiger partial charge in [-0.25, -0.2) is 0 Å². The summed E-state index contributed by atoms with van der Waals surface area (Å²) in [5.74, 6) is 3.96. The van der Waals surface area contributed by atoms with Gasteiger partial charge in [0.05, 0.1) is 24.4 Å². The Hall–Kier alpha value is -0.200. The fraction of sp³-hybridized carbons (Fsp3) is 1.00. The van der Waals surface area contributed by atoms with Crippen molar-refractivity contribution in [2.45, 2.75) is 107 Å². The summed E-state index contributed by atoms with van der Waals surface area (Å²) in [4.78, 5) is 0. The first-order valence-electron chi connectivity index (χ1n) is 13.0. The zero-order valence-corrected chi connectivity index (χ0v) is 19.5. The first-order valence-corrected chi connectivity index (χ1v) is 13.0. The number of fused-ring (bicyclic) bond motifs is 1. The van der Waals surface area contributed by atoms with Crippen LogP contribution in [0.25, 0.3) is 0 Å². The molecule has 2 unspecified atom stereocenters. The Kier molecular flexibility index (Phi) is 5.55. The summed E-state index contributed by atoms with van der Waals surface area (Å²) in [5.41, 5.74) is 10.9. The second-order valence-electron chi connectivity index (χ2n) is 12.6. The predicted molar refractivity (Wildman–Crippen MR) is 117 cm³/mol. The lowest BCUT2D eigenvalue weighted by Gasteiger charge is -2.69. The zero-order valence-electron chi connectivity index (χ0n) is 19.5. The summed E-state index contributed by atoms with van der Waals surface area (Å²) in [6, 6.07) is 0. The van der Waals surface area contributed by atoms with Crippen LogP contribution in [0, 0.1) is 35.5 Å². The molecule has 0 amide bonds. The van der Waals surface area contributed by atoms with Crippen LogP contribution in [0.15, 0.2) is 0 Å². The standard InChI is InChI=1S/C25H45N3O2/c1-23(2)22-18-7-8-20(14-29)25(22,27)15-24(12-18,30-23)19-5-3-4-16(11-19)10-17-6-9-21(26)28-13-17/h16-22,28-29H,3-15,26-27H2,1-2H3/p+2/t16-,17?,18-,19-,20-,21?,22-,24+,25-/m1/s1. The van der Waals surface area contributed by atoms with Crippen molar-refractivity contribution in [2.24, 2.45) is 41.2 Å². The predicted octanol–water partition coefficient (Wildman–Crippen LogP) is 1.40. The van der Waals surface area contributed by atoms with Gasteiger partial charge in [0.25, 0.3) is 0 Å². The van der Waals surface area contributed by atoms with Gasteiger partial charge in [-0.1, -0.05) is 12.8 Å². The van der Waals surface area contributed by atoms with E-state index >= 15 is 0 Å². The number of ether oxygens (including phenoxy) is 1. The molecule has 3 saturated heterocycles. The molecule has 0 aromatic heterocycles. The lowest BCUT2D eigenvalue weighted by molar-refractivity contribution is -0.703. The quantitative estimate of drug-likeness (QED) is 0.552. The van der Waals surface area contributed by atoms with Gasteiger partial charge < -0.3 is 20.9 Å². The highest BCUT2D eigenvalue weighted by Crippen LogP contribution is 2.64. The van der Waals surface area contributed by atoms with Crippen molar-refractivity contribution in [2.75, 3.05) is 13.2 Å². The maximum atomic E-state index is 10.2. The number of rotatable bonds is 4. The smallest absolute Gasteiger partial charge is 0.137 e. The van der Waals surface area contributed by atoms with Crippen LogP contribution in [0.5, 0.6) is 0 Å². The van der Waals surface area contributed by atoms with Gasteiger partial charge in [-0.2, -0.15) is 0 Å². The van der Waals surface area contributed by atoms with Crippen molar-refractivity contribution < 1.29 is 20.9 Å². The van der Waals surface area contributed by atoms with E-state index in [0.717, 1.165) is 30.6 Å². The van der Waals surface area contributed by atoms with Crippen LogP contribution in [0.2, 0.25) is 0 Å². The summed E-state index contributed by atoms with van der Waals surface area (Å²) in [6.45, 7) is 6.19. The Bertz CT molecular complexity index is 634. The maximum Gasteiger partial charge on any atom is 0.137 e. The molecule has 172 valence electrons. The molecular formula is C25H47N3O2+2. The second-order valence-corrected chi connectivity index (χ2v) is 12.6. The molecule has 0 aromatic carbocycles. The Balaban J connectivity index is 1.35. The van der Waals surface area contributed by atoms with E-state index in [4.69, 9.17) is 16.2 Å². The van der Waals surface area contributed by atoms with Gasteiger partial charge in [-0.05, 0) is 76.5 Å². The van der Waals surface area contributed by atoms with Crippen molar-refractivity contribution in [1.82, 2.24) is 0 Å². The number of nitrogens with two attached hydrogens (primary N) is 2. The topological polar surface area (TPSA) is 99.7 Å². The lowest BCUT2D eigenvalue weighted by Crippen LogP contribution is -2.95. The molecule has 4 bridgehead atoms. The lowest BCUT2D eigenvalue weighted by atomic mass is 9.44. The van der Waals surface area contributed by atoms with Crippen molar-refractivity contribution in [1.29, 1.82) is 0 Å². The van der Waals surface area contributed by atoms with Crippen LogP contribution in [-0.4, -0.2) is 41.2 Å². The summed E-state index contributed by atoms with van der Waals surface area (Å²) in [6.07, 6.45) is 14.4. The summed E-state index contributed by atoms with van der Waals surface area (Å²) in [5, 5.41) is 12.6. The molecule has 6 fully saturated rings. The molecule has 30 heavy (non-hydrogen) atoms. The monoisotopic (exact) mass is 421 g/mol. The van der Waals surface area contributed by atoms with Crippen molar-refractivity contribution in [3.63, 3.8) is 0 Å². The first kappa shape index (κ1) is 21.6. The largest absolute Gasteiger partial charge is 0.396 e. The van der Waals surface area contributed by atoms with E-state index in [9.17, 15) is 5.11 Å². The number of hydrogen-bond acceptors (Lipinski definition) is 3. The molecular weight excluding hydrogens is 374 g/mol. The molecule has 3 heterocycles. The summed E-state index contributed by atoms with van der Waals surface area (Å²) < 4.78 is 7.10. The number of aliphatic hydroxyl groups is 1. The molecule has 3 saturated carbocycles. The molecule has 8 N–H and O–H groups in total. The van der Waals surface area contributed by atoms with Crippen LogP contribution in [-0.2, 0) is 4.74 Å². The minimum atomic E-state index is -0.113. The summed E-state index contributed by atoms with van der Waals surface area (Å²) in [7, 11) is 0. The number of quaternary nitrogens is 2. The minimum Gasteiger partial charge on any atom is -0.396 e. The number of aliphatic hydroxyl groups excluding tert-OH is 1. The molecule has 6 rings (SSSR count).